The van der Waals surface area contributed by atoms with Crippen molar-refractivity contribution in [2.24, 2.45) is 5.41 Å². The minimum absolute atomic E-state index is 0.0759. The lowest BCUT2D eigenvalue weighted by atomic mass is 9.73. The molecule has 0 unspecified atom stereocenters. The summed E-state index contributed by atoms with van der Waals surface area (Å²) < 4.78 is 0. The fraction of sp³-hybridized carbons (Fsp3) is 0.722. The zero-order valence-electron chi connectivity index (χ0n) is 14.8. The molecule has 2 fully saturated rings. The van der Waals surface area contributed by atoms with Crippen molar-refractivity contribution in [3.8, 4) is 0 Å². The molecule has 0 bridgehead atoms. The van der Waals surface area contributed by atoms with E-state index in [2.05, 4.69) is 17.1 Å². The molecule has 3 heterocycles. The molecule has 0 aromatic carbocycles. The molecule has 1 atom stereocenters. The van der Waals surface area contributed by atoms with Crippen LogP contribution in [0.5, 0.6) is 0 Å². The highest BCUT2D eigenvalue weighted by Crippen LogP contribution is 2.39. The number of aromatic amines is 1. The third-order valence-corrected chi connectivity index (χ3v) is 5.53. The van der Waals surface area contributed by atoms with Gasteiger partial charge in [0.1, 0.15) is 0 Å². The van der Waals surface area contributed by atoms with E-state index >= 15 is 0 Å². The highest BCUT2D eigenvalue weighted by Gasteiger charge is 2.42. The largest absolute Gasteiger partial charge is 0.342 e. The lowest BCUT2D eigenvalue weighted by Gasteiger charge is -2.48. The van der Waals surface area contributed by atoms with Crippen LogP contribution in [-0.4, -0.2) is 58.0 Å². The van der Waals surface area contributed by atoms with Gasteiger partial charge < -0.3 is 9.80 Å². The topological polar surface area (TPSA) is 69.3 Å². The molecule has 0 radical (unpaired) electrons. The van der Waals surface area contributed by atoms with E-state index < -0.39 is 0 Å². The third-order valence-electron chi connectivity index (χ3n) is 5.53. The molecule has 2 amide bonds. The maximum Gasteiger partial charge on any atom is 0.257 e. The Morgan fingerprint density at radius 1 is 1.33 bits per heavy atom. The Kier molecular flexibility index (Phi) is 4.92. The van der Waals surface area contributed by atoms with Crippen LogP contribution in [0.15, 0.2) is 6.20 Å². The van der Waals surface area contributed by atoms with E-state index in [1.165, 1.54) is 0 Å². The summed E-state index contributed by atoms with van der Waals surface area (Å²) in [6.45, 7) is 7.24. The minimum Gasteiger partial charge on any atom is -0.342 e. The summed E-state index contributed by atoms with van der Waals surface area (Å²) in [6, 6.07) is 0. The molecule has 1 aromatic heterocycles. The lowest BCUT2D eigenvalue weighted by Crippen LogP contribution is -2.55. The maximum atomic E-state index is 13.0. The van der Waals surface area contributed by atoms with Crippen molar-refractivity contribution >= 4 is 11.8 Å². The van der Waals surface area contributed by atoms with Gasteiger partial charge in [-0.1, -0.05) is 13.3 Å². The van der Waals surface area contributed by atoms with Crippen LogP contribution in [0.3, 0.4) is 0 Å². The Morgan fingerprint density at radius 3 is 2.92 bits per heavy atom. The standard InChI is InChI=1S/C18H28N4O2/c1-3-6-15-14(11-19-20-15)17(24)22-10-5-8-18(13-22)9-7-16(23)21(4-2)12-18/h11H,3-10,12-13H2,1-2H3,(H,19,20)/t18-/m0/s1. The van der Waals surface area contributed by atoms with Gasteiger partial charge in [-0.2, -0.15) is 5.10 Å². The summed E-state index contributed by atoms with van der Waals surface area (Å²) >= 11 is 0. The molecule has 6 heteroatoms. The summed E-state index contributed by atoms with van der Waals surface area (Å²) in [6.07, 6.45) is 7.13. The van der Waals surface area contributed by atoms with Crippen molar-refractivity contribution in [1.82, 2.24) is 20.0 Å². The van der Waals surface area contributed by atoms with Crippen LogP contribution in [0, 0.1) is 5.41 Å². The molecule has 3 rings (SSSR count). The summed E-state index contributed by atoms with van der Waals surface area (Å²) in [5.74, 6) is 0.345. The molecule has 2 saturated heterocycles. The second kappa shape index (κ2) is 6.95. The van der Waals surface area contributed by atoms with E-state index in [4.69, 9.17) is 0 Å². The van der Waals surface area contributed by atoms with Crippen LogP contribution in [-0.2, 0) is 11.2 Å². The van der Waals surface area contributed by atoms with Crippen molar-refractivity contribution < 1.29 is 9.59 Å². The van der Waals surface area contributed by atoms with Crippen LogP contribution in [0.1, 0.15) is 62.0 Å². The quantitative estimate of drug-likeness (QED) is 0.919. The predicted molar refractivity (Wildman–Crippen MR) is 91.6 cm³/mol. The summed E-state index contributed by atoms with van der Waals surface area (Å²) in [5.41, 5.74) is 1.73. The van der Waals surface area contributed by atoms with Crippen LogP contribution in [0.25, 0.3) is 0 Å². The zero-order valence-corrected chi connectivity index (χ0v) is 14.8. The number of nitrogens with zero attached hydrogens (tertiary/aromatic N) is 3. The van der Waals surface area contributed by atoms with Crippen molar-refractivity contribution in [3.63, 3.8) is 0 Å². The van der Waals surface area contributed by atoms with Crippen molar-refractivity contribution in [3.05, 3.63) is 17.5 Å². The molecular weight excluding hydrogens is 304 g/mol. The van der Waals surface area contributed by atoms with Crippen LogP contribution in [0.4, 0.5) is 0 Å². The molecular formula is C18H28N4O2. The van der Waals surface area contributed by atoms with Crippen molar-refractivity contribution in [1.29, 1.82) is 0 Å². The van der Waals surface area contributed by atoms with E-state index in [0.717, 1.165) is 64.0 Å². The SMILES string of the molecule is CCCc1[nH]ncc1C(=O)N1CCC[C@@]2(CCC(=O)N(CC)C2)C1. The van der Waals surface area contributed by atoms with E-state index in [0.29, 0.717) is 12.0 Å². The Hall–Kier alpha value is -1.85. The zero-order chi connectivity index (χ0) is 17.2. The monoisotopic (exact) mass is 332 g/mol. The Bertz CT molecular complexity index is 612. The van der Waals surface area contributed by atoms with Gasteiger partial charge in [-0.3, -0.25) is 14.7 Å². The molecule has 6 nitrogen and oxygen atoms in total. The Morgan fingerprint density at radius 2 is 2.17 bits per heavy atom. The van der Waals surface area contributed by atoms with Crippen molar-refractivity contribution in [2.45, 2.75) is 52.4 Å². The first-order valence-corrected chi connectivity index (χ1v) is 9.18. The van der Waals surface area contributed by atoms with Gasteiger partial charge in [0.2, 0.25) is 5.91 Å². The summed E-state index contributed by atoms with van der Waals surface area (Å²) in [4.78, 5) is 28.9. The summed E-state index contributed by atoms with van der Waals surface area (Å²) in [7, 11) is 0. The first-order valence-electron chi connectivity index (χ1n) is 9.18. The second-order valence-electron chi connectivity index (χ2n) is 7.25. The second-order valence-corrected chi connectivity index (χ2v) is 7.25. The molecule has 2 aliphatic heterocycles. The average Bonchev–Trinajstić information content (AvgIpc) is 3.05. The molecule has 1 spiro atoms. The first kappa shape index (κ1) is 17.0. The van der Waals surface area contributed by atoms with Crippen LogP contribution in [0.2, 0.25) is 0 Å². The number of aryl methyl sites for hydroxylation is 1. The number of likely N-dealkylation sites (tertiary alicyclic amines) is 2. The van der Waals surface area contributed by atoms with Crippen molar-refractivity contribution in [2.75, 3.05) is 26.2 Å². The van der Waals surface area contributed by atoms with Gasteiger partial charge in [0.25, 0.3) is 5.91 Å². The highest BCUT2D eigenvalue weighted by atomic mass is 16.2. The number of hydrogen-bond donors (Lipinski definition) is 1. The lowest BCUT2D eigenvalue weighted by molar-refractivity contribution is -0.138. The van der Waals surface area contributed by atoms with Gasteiger partial charge in [-0.25, -0.2) is 0 Å². The molecule has 0 aliphatic carbocycles. The molecule has 1 N–H and O–H groups in total. The molecule has 132 valence electrons. The number of hydrogen-bond acceptors (Lipinski definition) is 3. The van der Waals surface area contributed by atoms with Gasteiger partial charge >= 0.3 is 0 Å². The number of carbonyl (C=O) groups is 2. The average molecular weight is 332 g/mol. The van der Waals surface area contributed by atoms with Gasteiger partial charge in [-0.05, 0) is 32.6 Å². The minimum atomic E-state index is 0.0759. The normalized spacial score (nSPS) is 24.7. The smallest absolute Gasteiger partial charge is 0.257 e. The molecule has 24 heavy (non-hydrogen) atoms. The van der Waals surface area contributed by atoms with E-state index in [1.54, 1.807) is 6.20 Å². The number of rotatable bonds is 4. The first-order chi connectivity index (χ1) is 11.6. The number of aromatic nitrogens is 2. The van der Waals surface area contributed by atoms with E-state index in [1.807, 2.05) is 16.7 Å². The van der Waals surface area contributed by atoms with Gasteiger partial charge in [0, 0.05) is 43.7 Å². The fourth-order valence-electron chi connectivity index (χ4n) is 4.21. The predicted octanol–water partition coefficient (Wildman–Crippen LogP) is 2.23. The van der Waals surface area contributed by atoms with E-state index in [9.17, 15) is 9.59 Å². The molecule has 1 aromatic rings. The van der Waals surface area contributed by atoms with E-state index in [-0.39, 0.29) is 17.2 Å². The van der Waals surface area contributed by atoms with Gasteiger partial charge in [-0.15, -0.1) is 0 Å². The van der Waals surface area contributed by atoms with Crippen LogP contribution < -0.4 is 0 Å². The number of H-pyrrole nitrogens is 1. The Balaban J connectivity index is 1.74. The van der Waals surface area contributed by atoms with Gasteiger partial charge in [0.05, 0.1) is 11.8 Å². The number of nitrogens with one attached hydrogen (secondary N) is 1. The Labute approximate surface area is 143 Å². The number of carbonyl (C=O) groups excluding carboxylic acids is 2. The highest BCUT2D eigenvalue weighted by molar-refractivity contribution is 5.95. The number of amides is 2. The van der Waals surface area contributed by atoms with Gasteiger partial charge in [0.15, 0.2) is 0 Å². The maximum absolute atomic E-state index is 13.0. The fourth-order valence-corrected chi connectivity index (χ4v) is 4.21. The van der Waals surface area contributed by atoms with Crippen LogP contribution >= 0.6 is 0 Å². The molecule has 0 saturated carbocycles. The molecule has 2 aliphatic rings. The summed E-state index contributed by atoms with van der Waals surface area (Å²) in [5, 5.41) is 7.04. The third kappa shape index (κ3) is 3.19. The number of piperidine rings is 2.